The SMILES string of the molecule is O=c1sc2c(CI)sc(CI)c2s1. The highest BCUT2D eigenvalue weighted by Crippen LogP contribution is 2.38. The average Bonchev–Trinajstić information content (AvgIpc) is 2.61. The van der Waals surface area contributed by atoms with Gasteiger partial charge in [0.2, 0.25) is 0 Å². The fourth-order valence-electron chi connectivity index (χ4n) is 1.06. The van der Waals surface area contributed by atoms with Crippen molar-refractivity contribution in [3.05, 3.63) is 18.6 Å². The summed E-state index contributed by atoms with van der Waals surface area (Å²) in [5.41, 5.74) is 0. The lowest BCUT2D eigenvalue weighted by Gasteiger charge is -1.84. The molecule has 0 spiro atoms. The smallest absolute Gasteiger partial charge is 0.265 e. The Morgan fingerprint density at radius 1 is 0.923 bits per heavy atom. The molecule has 2 heterocycles. The van der Waals surface area contributed by atoms with Crippen LogP contribution in [-0.2, 0) is 8.86 Å². The van der Waals surface area contributed by atoms with E-state index in [-0.39, 0.29) is 4.06 Å². The Bertz CT molecular complexity index is 442. The minimum atomic E-state index is 0.231. The van der Waals surface area contributed by atoms with Crippen LogP contribution in [0.2, 0.25) is 0 Å². The van der Waals surface area contributed by atoms with Gasteiger partial charge in [-0.05, 0) is 0 Å². The van der Waals surface area contributed by atoms with E-state index in [4.69, 9.17) is 0 Å². The Kier molecular flexibility index (Phi) is 3.66. The summed E-state index contributed by atoms with van der Waals surface area (Å²) in [6.07, 6.45) is 0. The van der Waals surface area contributed by atoms with Crippen LogP contribution in [0.3, 0.4) is 0 Å². The molecular weight excluding hydrogens is 450 g/mol. The molecule has 0 atom stereocenters. The molecule has 2 rings (SSSR count). The van der Waals surface area contributed by atoms with Crippen molar-refractivity contribution < 1.29 is 0 Å². The number of rotatable bonds is 2. The molecule has 0 bridgehead atoms. The van der Waals surface area contributed by atoms with E-state index in [0.717, 1.165) is 8.86 Å². The van der Waals surface area contributed by atoms with E-state index >= 15 is 0 Å². The first-order valence-electron chi connectivity index (χ1n) is 3.42. The van der Waals surface area contributed by atoms with Gasteiger partial charge in [0, 0.05) is 18.6 Å². The monoisotopic (exact) mass is 454 g/mol. The van der Waals surface area contributed by atoms with E-state index in [9.17, 15) is 4.79 Å². The minimum Gasteiger partial charge on any atom is -0.265 e. The van der Waals surface area contributed by atoms with Gasteiger partial charge in [-0.2, -0.15) is 0 Å². The molecule has 0 fully saturated rings. The molecule has 2 aromatic heterocycles. The summed E-state index contributed by atoms with van der Waals surface area (Å²) in [4.78, 5) is 14.0. The largest absolute Gasteiger partial charge is 0.288 e. The molecule has 70 valence electrons. The number of halogens is 2. The lowest BCUT2D eigenvalue weighted by molar-refractivity contribution is 1.68. The van der Waals surface area contributed by atoms with E-state index in [0.29, 0.717) is 0 Å². The summed E-state index contributed by atoms with van der Waals surface area (Å²) in [5, 5.41) is 0. The first-order chi connectivity index (χ1) is 6.26. The Labute approximate surface area is 114 Å². The number of fused-ring (bicyclic) bond motifs is 1. The molecule has 0 aliphatic heterocycles. The van der Waals surface area contributed by atoms with E-state index < -0.39 is 0 Å². The maximum Gasteiger partial charge on any atom is 0.288 e. The van der Waals surface area contributed by atoms with Crippen molar-refractivity contribution in [3.63, 3.8) is 0 Å². The standard InChI is InChI=1S/C7H4I2OS3/c8-1-3-5-6(4(2-9)11-3)13-7(10)12-5/h1-2H2. The van der Waals surface area contributed by atoms with Gasteiger partial charge in [-0.3, -0.25) is 4.79 Å². The van der Waals surface area contributed by atoms with Crippen LogP contribution in [0.1, 0.15) is 9.75 Å². The highest BCUT2D eigenvalue weighted by molar-refractivity contribution is 14.1. The zero-order valence-corrected chi connectivity index (χ0v) is 13.1. The van der Waals surface area contributed by atoms with Crippen molar-refractivity contribution >= 4 is 88.6 Å². The molecule has 1 nitrogen and oxygen atoms in total. The number of alkyl halides is 2. The normalized spacial score (nSPS) is 11.2. The van der Waals surface area contributed by atoms with Crippen molar-refractivity contribution in [3.8, 4) is 0 Å². The maximum atomic E-state index is 11.2. The fraction of sp³-hybridized carbons (Fsp3) is 0.286. The van der Waals surface area contributed by atoms with Crippen LogP contribution in [0.5, 0.6) is 0 Å². The molecule has 0 amide bonds. The van der Waals surface area contributed by atoms with Crippen LogP contribution in [0, 0.1) is 0 Å². The topological polar surface area (TPSA) is 17.1 Å². The molecule has 0 radical (unpaired) electrons. The van der Waals surface area contributed by atoms with Crippen LogP contribution in [0.4, 0.5) is 0 Å². The van der Waals surface area contributed by atoms with Gasteiger partial charge in [0.15, 0.2) is 0 Å². The third-order valence-corrected chi connectivity index (χ3v) is 7.85. The molecule has 0 saturated heterocycles. The molecule has 13 heavy (non-hydrogen) atoms. The second kappa shape index (κ2) is 4.42. The summed E-state index contributed by atoms with van der Waals surface area (Å²) >= 11 is 9.38. The summed E-state index contributed by atoms with van der Waals surface area (Å²) in [5.74, 6) is 0. The van der Waals surface area contributed by atoms with Crippen LogP contribution >= 0.6 is 79.2 Å². The van der Waals surface area contributed by atoms with Gasteiger partial charge in [0.05, 0.1) is 9.40 Å². The molecule has 0 saturated carbocycles. The second-order valence-electron chi connectivity index (χ2n) is 2.33. The van der Waals surface area contributed by atoms with Gasteiger partial charge in [-0.1, -0.05) is 67.9 Å². The highest BCUT2D eigenvalue weighted by atomic mass is 127. The van der Waals surface area contributed by atoms with Crippen molar-refractivity contribution in [2.45, 2.75) is 8.86 Å². The van der Waals surface area contributed by atoms with E-state index in [2.05, 4.69) is 45.2 Å². The molecule has 0 aliphatic rings. The molecule has 2 aromatic rings. The van der Waals surface area contributed by atoms with Crippen LogP contribution in [0.25, 0.3) is 9.40 Å². The molecule has 0 aliphatic carbocycles. The first kappa shape index (κ1) is 10.8. The van der Waals surface area contributed by atoms with Crippen molar-refractivity contribution in [2.75, 3.05) is 0 Å². The molecule has 0 N–H and O–H groups in total. The van der Waals surface area contributed by atoms with Crippen LogP contribution in [0.15, 0.2) is 4.79 Å². The summed E-state index contributed by atoms with van der Waals surface area (Å²) < 4.78 is 4.74. The lowest BCUT2D eigenvalue weighted by Crippen LogP contribution is -1.75. The van der Waals surface area contributed by atoms with E-state index in [1.165, 1.54) is 41.8 Å². The van der Waals surface area contributed by atoms with E-state index in [1.807, 2.05) is 11.3 Å². The quantitative estimate of drug-likeness (QED) is 0.490. The van der Waals surface area contributed by atoms with Gasteiger partial charge in [0.25, 0.3) is 4.06 Å². The van der Waals surface area contributed by atoms with Crippen molar-refractivity contribution in [2.24, 2.45) is 0 Å². The molecule has 6 heteroatoms. The number of hydrogen-bond donors (Lipinski definition) is 0. The van der Waals surface area contributed by atoms with Crippen molar-refractivity contribution in [1.82, 2.24) is 0 Å². The lowest BCUT2D eigenvalue weighted by atomic mass is 10.4. The van der Waals surface area contributed by atoms with Gasteiger partial charge in [-0.15, -0.1) is 11.3 Å². The maximum absolute atomic E-state index is 11.2. The Morgan fingerprint density at radius 3 is 1.77 bits per heavy atom. The summed E-state index contributed by atoms with van der Waals surface area (Å²) in [6, 6.07) is 0. The van der Waals surface area contributed by atoms with Gasteiger partial charge in [-0.25, -0.2) is 0 Å². The first-order valence-corrected chi connectivity index (χ1v) is 8.92. The molecular formula is C7H4I2OS3. The molecule has 0 aromatic carbocycles. The predicted molar refractivity (Wildman–Crippen MR) is 79.3 cm³/mol. The molecule has 0 unspecified atom stereocenters. The number of thiophene rings is 1. The second-order valence-corrected chi connectivity index (χ2v) is 7.27. The van der Waals surface area contributed by atoms with Crippen LogP contribution < -0.4 is 4.06 Å². The Morgan fingerprint density at radius 2 is 1.38 bits per heavy atom. The average molecular weight is 454 g/mol. The predicted octanol–water partition coefficient (Wildman–Crippen LogP) is 4.25. The minimum absolute atomic E-state index is 0.231. The number of hydrogen-bond acceptors (Lipinski definition) is 4. The summed E-state index contributed by atoms with van der Waals surface area (Å²) in [7, 11) is 0. The Hall–Kier alpha value is 1.27. The third kappa shape index (κ3) is 1.97. The van der Waals surface area contributed by atoms with Crippen molar-refractivity contribution in [1.29, 1.82) is 0 Å². The van der Waals surface area contributed by atoms with Gasteiger partial charge < -0.3 is 0 Å². The summed E-state index contributed by atoms with van der Waals surface area (Å²) in [6.45, 7) is 0. The fourth-order valence-corrected chi connectivity index (χ4v) is 6.76. The Balaban J connectivity index is 2.80. The van der Waals surface area contributed by atoms with Crippen LogP contribution in [-0.4, -0.2) is 0 Å². The van der Waals surface area contributed by atoms with Gasteiger partial charge >= 0.3 is 0 Å². The van der Waals surface area contributed by atoms with E-state index in [1.54, 1.807) is 0 Å². The van der Waals surface area contributed by atoms with Gasteiger partial charge in [0.1, 0.15) is 0 Å². The zero-order chi connectivity index (χ0) is 9.42. The highest BCUT2D eigenvalue weighted by Gasteiger charge is 2.13. The third-order valence-electron chi connectivity index (χ3n) is 1.57. The zero-order valence-electron chi connectivity index (χ0n) is 6.30.